The summed E-state index contributed by atoms with van der Waals surface area (Å²) in [5.74, 6) is 2.48. The Kier molecular flexibility index (Phi) is 3.82. The number of hydrogen-bond donors (Lipinski definition) is 1. The van der Waals surface area contributed by atoms with Gasteiger partial charge in [-0.15, -0.1) is 0 Å². The van der Waals surface area contributed by atoms with Crippen LogP contribution in [0.3, 0.4) is 0 Å². The minimum atomic E-state index is 0.510. The molecule has 21 heavy (non-hydrogen) atoms. The molecule has 110 valence electrons. The summed E-state index contributed by atoms with van der Waals surface area (Å²) in [6, 6.07) is 10.7. The summed E-state index contributed by atoms with van der Waals surface area (Å²) in [5, 5.41) is 3.31. The van der Waals surface area contributed by atoms with Crippen LogP contribution in [0.5, 0.6) is 5.75 Å². The molecule has 1 aromatic carbocycles. The zero-order valence-corrected chi connectivity index (χ0v) is 12.9. The number of ether oxygens (including phenoxy) is 1. The lowest BCUT2D eigenvalue weighted by Crippen LogP contribution is -2.02. The van der Waals surface area contributed by atoms with E-state index in [0.29, 0.717) is 12.5 Å². The largest absolute Gasteiger partial charge is 0.487 e. The van der Waals surface area contributed by atoms with Crippen LogP contribution in [-0.2, 0) is 13.0 Å². The topological polar surface area (TPSA) is 34.1 Å². The van der Waals surface area contributed by atoms with Crippen LogP contribution in [0.1, 0.15) is 42.1 Å². The van der Waals surface area contributed by atoms with E-state index in [1.54, 1.807) is 0 Å². The van der Waals surface area contributed by atoms with E-state index in [1.807, 2.05) is 0 Å². The molecule has 0 atom stereocenters. The fourth-order valence-corrected chi connectivity index (χ4v) is 2.56. The number of nitrogens with one attached hydrogen (secondary N) is 1. The van der Waals surface area contributed by atoms with Gasteiger partial charge in [0, 0.05) is 6.54 Å². The lowest BCUT2D eigenvalue weighted by Gasteiger charge is -2.13. The van der Waals surface area contributed by atoms with Crippen molar-refractivity contribution in [3.8, 4) is 5.75 Å². The van der Waals surface area contributed by atoms with E-state index in [9.17, 15) is 0 Å². The minimum Gasteiger partial charge on any atom is -0.487 e. The van der Waals surface area contributed by atoms with E-state index >= 15 is 0 Å². The van der Waals surface area contributed by atoms with Gasteiger partial charge in [0.2, 0.25) is 0 Å². The minimum absolute atomic E-state index is 0.510. The number of pyridine rings is 1. The molecule has 3 rings (SSSR count). The molecule has 0 radical (unpaired) electrons. The second-order valence-corrected chi connectivity index (χ2v) is 5.96. The van der Waals surface area contributed by atoms with Crippen LogP contribution in [0, 0.1) is 6.92 Å². The van der Waals surface area contributed by atoms with Gasteiger partial charge in [-0.2, -0.15) is 0 Å². The van der Waals surface area contributed by atoms with Crippen molar-refractivity contribution < 1.29 is 4.74 Å². The maximum Gasteiger partial charge on any atom is 0.130 e. The Morgan fingerprint density at radius 2 is 2.10 bits per heavy atom. The molecule has 0 amide bonds. The van der Waals surface area contributed by atoms with Crippen LogP contribution in [0.2, 0.25) is 0 Å². The highest BCUT2D eigenvalue weighted by Gasteiger charge is 2.12. The quantitative estimate of drug-likeness (QED) is 0.918. The maximum absolute atomic E-state index is 5.98. The summed E-state index contributed by atoms with van der Waals surface area (Å²) in [6.45, 7) is 7.97. The molecule has 0 fully saturated rings. The van der Waals surface area contributed by atoms with E-state index in [0.717, 1.165) is 30.2 Å². The molecule has 0 saturated carbocycles. The molecule has 2 aromatic rings. The van der Waals surface area contributed by atoms with E-state index in [4.69, 9.17) is 4.74 Å². The summed E-state index contributed by atoms with van der Waals surface area (Å²) in [5.41, 5.74) is 4.74. The molecule has 0 unspecified atom stereocenters. The molecule has 2 heterocycles. The lowest BCUT2D eigenvalue weighted by molar-refractivity contribution is 0.299. The number of hydrogen-bond acceptors (Lipinski definition) is 3. The van der Waals surface area contributed by atoms with E-state index in [-0.39, 0.29) is 0 Å². The first-order valence-electron chi connectivity index (χ1n) is 7.59. The number of anilines is 1. The molecule has 0 spiro atoms. The van der Waals surface area contributed by atoms with Crippen molar-refractivity contribution in [3.05, 3.63) is 52.7 Å². The van der Waals surface area contributed by atoms with Crippen LogP contribution in [0.4, 0.5) is 5.82 Å². The number of benzene rings is 1. The van der Waals surface area contributed by atoms with Gasteiger partial charge < -0.3 is 10.1 Å². The summed E-state index contributed by atoms with van der Waals surface area (Å²) < 4.78 is 5.98. The first kappa shape index (κ1) is 13.9. The van der Waals surface area contributed by atoms with Crippen LogP contribution < -0.4 is 10.1 Å². The van der Waals surface area contributed by atoms with Gasteiger partial charge in [-0.05, 0) is 48.1 Å². The molecule has 1 aromatic heterocycles. The highest BCUT2D eigenvalue weighted by Crippen LogP contribution is 2.25. The molecule has 1 N–H and O–H groups in total. The molecule has 0 aliphatic carbocycles. The summed E-state index contributed by atoms with van der Waals surface area (Å²) in [4.78, 5) is 4.62. The first-order chi connectivity index (χ1) is 10.1. The number of aromatic nitrogens is 1. The van der Waals surface area contributed by atoms with Gasteiger partial charge in [0.15, 0.2) is 0 Å². The van der Waals surface area contributed by atoms with Crippen molar-refractivity contribution in [1.82, 2.24) is 4.98 Å². The monoisotopic (exact) mass is 282 g/mol. The second kappa shape index (κ2) is 5.76. The molecule has 3 nitrogen and oxygen atoms in total. The zero-order valence-electron chi connectivity index (χ0n) is 12.9. The highest BCUT2D eigenvalue weighted by molar-refractivity contribution is 5.49. The van der Waals surface area contributed by atoms with Crippen LogP contribution in [-0.4, -0.2) is 11.5 Å². The third-order valence-corrected chi connectivity index (χ3v) is 3.98. The maximum atomic E-state index is 5.98. The highest BCUT2D eigenvalue weighted by atomic mass is 16.5. The summed E-state index contributed by atoms with van der Waals surface area (Å²) in [6.07, 6.45) is 1.07. The van der Waals surface area contributed by atoms with Crippen molar-refractivity contribution in [1.29, 1.82) is 0 Å². The van der Waals surface area contributed by atoms with Crippen molar-refractivity contribution >= 4 is 5.82 Å². The number of aryl methyl sites for hydroxylation is 1. The molecule has 1 aliphatic heterocycles. The van der Waals surface area contributed by atoms with Crippen LogP contribution >= 0.6 is 0 Å². The van der Waals surface area contributed by atoms with Crippen molar-refractivity contribution in [2.45, 2.75) is 39.7 Å². The lowest BCUT2D eigenvalue weighted by atomic mass is 10.0. The Morgan fingerprint density at radius 3 is 2.90 bits per heavy atom. The fraction of sp³-hybridized carbons (Fsp3) is 0.389. The summed E-state index contributed by atoms with van der Waals surface area (Å²) >= 11 is 0. The molecule has 0 saturated heterocycles. The van der Waals surface area contributed by atoms with Crippen molar-refractivity contribution in [2.24, 2.45) is 0 Å². The third-order valence-electron chi connectivity index (χ3n) is 3.98. The van der Waals surface area contributed by atoms with Gasteiger partial charge in [0.25, 0.3) is 0 Å². The Hall–Kier alpha value is -2.03. The van der Waals surface area contributed by atoms with E-state index in [1.165, 1.54) is 16.7 Å². The SMILES string of the molecule is Cc1ccc(C(C)C)cc1OCc1ccc2c(n1)NCC2. The normalized spacial score (nSPS) is 13.1. The molecule has 0 bridgehead atoms. The van der Waals surface area contributed by atoms with Gasteiger partial charge in [-0.3, -0.25) is 0 Å². The fourth-order valence-electron chi connectivity index (χ4n) is 2.56. The van der Waals surface area contributed by atoms with E-state index in [2.05, 4.69) is 61.4 Å². The Balaban J connectivity index is 1.74. The molecular weight excluding hydrogens is 260 g/mol. The first-order valence-corrected chi connectivity index (χ1v) is 7.59. The number of fused-ring (bicyclic) bond motifs is 1. The third kappa shape index (κ3) is 3.02. The summed E-state index contributed by atoms with van der Waals surface area (Å²) in [7, 11) is 0. The second-order valence-electron chi connectivity index (χ2n) is 5.96. The molecule has 1 aliphatic rings. The Labute approximate surface area is 126 Å². The van der Waals surface area contributed by atoms with Gasteiger partial charge in [-0.25, -0.2) is 4.98 Å². The van der Waals surface area contributed by atoms with Crippen molar-refractivity contribution in [3.63, 3.8) is 0 Å². The predicted octanol–water partition coefficient (Wildman–Crippen LogP) is 4.06. The Morgan fingerprint density at radius 1 is 1.24 bits per heavy atom. The molecule has 3 heteroatoms. The van der Waals surface area contributed by atoms with Crippen LogP contribution in [0.25, 0.3) is 0 Å². The van der Waals surface area contributed by atoms with Gasteiger partial charge in [0.05, 0.1) is 5.69 Å². The van der Waals surface area contributed by atoms with Gasteiger partial charge in [-0.1, -0.05) is 32.0 Å². The molecular formula is C18H22N2O. The number of nitrogens with zero attached hydrogens (tertiary/aromatic N) is 1. The Bertz CT molecular complexity index is 650. The van der Waals surface area contributed by atoms with Crippen LogP contribution in [0.15, 0.2) is 30.3 Å². The number of rotatable bonds is 4. The van der Waals surface area contributed by atoms with Gasteiger partial charge >= 0.3 is 0 Å². The average molecular weight is 282 g/mol. The smallest absolute Gasteiger partial charge is 0.130 e. The predicted molar refractivity (Wildman–Crippen MR) is 86.0 cm³/mol. The zero-order chi connectivity index (χ0) is 14.8. The van der Waals surface area contributed by atoms with Crippen molar-refractivity contribution in [2.75, 3.05) is 11.9 Å². The van der Waals surface area contributed by atoms with Gasteiger partial charge in [0.1, 0.15) is 18.2 Å². The average Bonchev–Trinajstić information content (AvgIpc) is 2.93. The van der Waals surface area contributed by atoms with E-state index < -0.39 is 0 Å². The standard InChI is InChI=1S/C18H22N2O/c1-12(2)15-5-4-13(3)17(10-15)21-11-16-7-6-14-8-9-19-18(14)20-16/h4-7,10,12H,8-9,11H2,1-3H3,(H,19,20).